The third-order valence-corrected chi connectivity index (χ3v) is 7.27. The standard InChI is InChI=1S/C17H29BrO2/c1-19-13-7-6-8-14(11-13)20-16-12-15(18)17(16)9-4-2-3-5-10-17/h13-16H,2-12H2,1H3. The molecule has 3 aliphatic rings. The Balaban J connectivity index is 1.59. The molecule has 4 unspecified atom stereocenters. The third-order valence-electron chi connectivity index (χ3n) is 5.99. The molecule has 3 fully saturated rings. The maximum atomic E-state index is 6.57. The van der Waals surface area contributed by atoms with E-state index in [1.54, 1.807) is 0 Å². The summed E-state index contributed by atoms with van der Waals surface area (Å²) in [7, 11) is 1.84. The second-order valence-corrected chi connectivity index (χ2v) is 8.23. The molecule has 3 aliphatic carbocycles. The quantitative estimate of drug-likeness (QED) is 0.682. The van der Waals surface area contributed by atoms with Gasteiger partial charge in [0, 0.05) is 17.4 Å². The van der Waals surface area contributed by atoms with Crippen LogP contribution in [0.25, 0.3) is 0 Å². The Labute approximate surface area is 132 Å². The van der Waals surface area contributed by atoms with Crippen molar-refractivity contribution < 1.29 is 9.47 Å². The first-order valence-electron chi connectivity index (χ1n) is 8.57. The van der Waals surface area contributed by atoms with Gasteiger partial charge >= 0.3 is 0 Å². The molecular weight excluding hydrogens is 316 g/mol. The van der Waals surface area contributed by atoms with E-state index >= 15 is 0 Å². The van der Waals surface area contributed by atoms with Crippen LogP contribution in [0.2, 0.25) is 0 Å². The lowest BCUT2D eigenvalue weighted by atomic mass is 9.61. The van der Waals surface area contributed by atoms with Crippen molar-refractivity contribution in [2.75, 3.05) is 7.11 Å². The smallest absolute Gasteiger partial charge is 0.0656 e. The van der Waals surface area contributed by atoms with E-state index in [4.69, 9.17) is 9.47 Å². The SMILES string of the molecule is COC1CCCC(OC2CC(Br)C23CCCCCC3)C1. The molecule has 3 saturated carbocycles. The molecule has 0 amide bonds. The summed E-state index contributed by atoms with van der Waals surface area (Å²) in [6.07, 6.45) is 15.8. The minimum absolute atomic E-state index is 0.429. The molecule has 116 valence electrons. The summed E-state index contributed by atoms with van der Waals surface area (Å²) in [4.78, 5) is 0.694. The molecule has 20 heavy (non-hydrogen) atoms. The van der Waals surface area contributed by atoms with Gasteiger partial charge in [-0.05, 0) is 44.9 Å². The summed E-state index contributed by atoms with van der Waals surface area (Å²) >= 11 is 3.94. The van der Waals surface area contributed by atoms with Crippen molar-refractivity contribution in [3.05, 3.63) is 0 Å². The molecule has 0 N–H and O–H groups in total. The Bertz CT molecular complexity index is 312. The number of hydrogen-bond donors (Lipinski definition) is 0. The number of halogens is 1. The highest BCUT2D eigenvalue weighted by Crippen LogP contribution is 2.56. The zero-order valence-corrected chi connectivity index (χ0v) is 14.4. The van der Waals surface area contributed by atoms with Gasteiger partial charge in [-0.15, -0.1) is 0 Å². The van der Waals surface area contributed by atoms with Crippen molar-refractivity contribution in [3.63, 3.8) is 0 Å². The van der Waals surface area contributed by atoms with Crippen LogP contribution in [0.15, 0.2) is 0 Å². The van der Waals surface area contributed by atoms with Crippen LogP contribution < -0.4 is 0 Å². The first kappa shape index (κ1) is 15.3. The van der Waals surface area contributed by atoms with E-state index in [9.17, 15) is 0 Å². The van der Waals surface area contributed by atoms with Crippen molar-refractivity contribution in [1.29, 1.82) is 0 Å². The van der Waals surface area contributed by atoms with Crippen molar-refractivity contribution in [1.82, 2.24) is 0 Å². The number of methoxy groups -OCH3 is 1. The fourth-order valence-corrected chi connectivity index (χ4v) is 5.68. The Morgan fingerprint density at radius 3 is 2.25 bits per heavy atom. The number of ether oxygens (including phenoxy) is 2. The first-order valence-corrected chi connectivity index (χ1v) is 9.48. The van der Waals surface area contributed by atoms with Gasteiger partial charge < -0.3 is 9.47 Å². The van der Waals surface area contributed by atoms with Gasteiger partial charge in [-0.1, -0.05) is 41.6 Å². The molecule has 0 aromatic carbocycles. The van der Waals surface area contributed by atoms with E-state index in [-0.39, 0.29) is 0 Å². The first-order chi connectivity index (χ1) is 9.74. The molecule has 0 heterocycles. The lowest BCUT2D eigenvalue weighted by molar-refractivity contribution is -0.158. The summed E-state index contributed by atoms with van der Waals surface area (Å²) in [6, 6.07) is 0. The molecule has 3 rings (SSSR count). The van der Waals surface area contributed by atoms with Crippen molar-refractivity contribution in [3.8, 4) is 0 Å². The van der Waals surface area contributed by atoms with E-state index < -0.39 is 0 Å². The van der Waals surface area contributed by atoms with Gasteiger partial charge in [-0.25, -0.2) is 0 Å². The normalized spacial score (nSPS) is 41.1. The largest absolute Gasteiger partial charge is 0.381 e. The third kappa shape index (κ3) is 2.96. The van der Waals surface area contributed by atoms with Gasteiger partial charge in [-0.3, -0.25) is 0 Å². The van der Waals surface area contributed by atoms with Crippen molar-refractivity contribution in [2.45, 2.75) is 93.8 Å². The molecule has 0 aromatic rings. The monoisotopic (exact) mass is 344 g/mol. The van der Waals surface area contributed by atoms with Gasteiger partial charge in [0.15, 0.2) is 0 Å². The van der Waals surface area contributed by atoms with Gasteiger partial charge in [0.05, 0.1) is 18.3 Å². The van der Waals surface area contributed by atoms with E-state index in [1.165, 1.54) is 64.2 Å². The second kappa shape index (κ2) is 6.66. The summed E-state index contributed by atoms with van der Waals surface area (Å²) in [5.74, 6) is 0. The molecule has 0 aliphatic heterocycles. The Kier molecular flexibility index (Phi) is 5.10. The fourth-order valence-electron chi connectivity index (χ4n) is 4.58. The van der Waals surface area contributed by atoms with Crippen LogP contribution in [0.4, 0.5) is 0 Å². The van der Waals surface area contributed by atoms with Crippen molar-refractivity contribution in [2.24, 2.45) is 5.41 Å². The summed E-state index contributed by atoms with van der Waals surface area (Å²) in [5.41, 5.74) is 0.455. The topological polar surface area (TPSA) is 18.5 Å². The highest BCUT2D eigenvalue weighted by Gasteiger charge is 2.54. The van der Waals surface area contributed by atoms with Crippen LogP contribution in [-0.4, -0.2) is 30.2 Å². The maximum Gasteiger partial charge on any atom is 0.0656 e. The number of hydrogen-bond acceptors (Lipinski definition) is 2. The van der Waals surface area contributed by atoms with Crippen LogP contribution in [0.3, 0.4) is 0 Å². The molecule has 3 heteroatoms. The molecule has 0 saturated heterocycles. The zero-order valence-electron chi connectivity index (χ0n) is 12.8. The fraction of sp³-hybridized carbons (Fsp3) is 1.00. The minimum atomic E-state index is 0.429. The lowest BCUT2D eigenvalue weighted by Crippen LogP contribution is -2.56. The van der Waals surface area contributed by atoms with Gasteiger partial charge in [-0.2, -0.15) is 0 Å². The van der Waals surface area contributed by atoms with E-state index in [2.05, 4.69) is 15.9 Å². The molecule has 0 radical (unpaired) electrons. The minimum Gasteiger partial charge on any atom is -0.381 e. The Morgan fingerprint density at radius 1 is 0.900 bits per heavy atom. The lowest BCUT2D eigenvalue weighted by Gasteiger charge is -2.55. The summed E-state index contributed by atoms with van der Waals surface area (Å²) in [6.45, 7) is 0. The summed E-state index contributed by atoms with van der Waals surface area (Å²) < 4.78 is 12.1. The molecule has 2 nitrogen and oxygen atoms in total. The molecule has 0 bridgehead atoms. The molecule has 4 atom stereocenters. The zero-order chi connectivity index (χ0) is 14.0. The van der Waals surface area contributed by atoms with Crippen LogP contribution in [0.5, 0.6) is 0 Å². The van der Waals surface area contributed by atoms with Crippen LogP contribution in [0.1, 0.15) is 70.6 Å². The number of alkyl halides is 1. The average molecular weight is 345 g/mol. The van der Waals surface area contributed by atoms with Crippen LogP contribution >= 0.6 is 15.9 Å². The Hall–Kier alpha value is 0.400. The predicted octanol–water partition coefficient (Wildman–Crippen LogP) is 4.84. The molecule has 1 spiro atoms. The van der Waals surface area contributed by atoms with Crippen molar-refractivity contribution >= 4 is 15.9 Å². The molecular formula is C17H29BrO2. The molecule has 0 aromatic heterocycles. The highest BCUT2D eigenvalue weighted by molar-refractivity contribution is 9.09. The Morgan fingerprint density at radius 2 is 1.60 bits per heavy atom. The predicted molar refractivity (Wildman–Crippen MR) is 85.4 cm³/mol. The highest BCUT2D eigenvalue weighted by atomic mass is 79.9. The van der Waals surface area contributed by atoms with E-state index in [0.717, 1.165) is 6.42 Å². The summed E-state index contributed by atoms with van der Waals surface area (Å²) in [5, 5.41) is 0. The maximum absolute atomic E-state index is 6.57. The van der Waals surface area contributed by atoms with E-state index in [1.807, 2.05) is 7.11 Å². The van der Waals surface area contributed by atoms with Crippen LogP contribution in [-0.2, 0) is 9.47 Å². The average Bonchev–Trinajstić information content (AvgIpc) is 2.75. The van der Waals surface area contributed by atoms with Crippen LogP contribution in [0, 0.1) is 5.41 Å². The van der Waals surface area contributed by atoms with Gasteiger partial charge in [0.1, 0.15) is 0 Å². The van der Waals surface area contributed by atoms with Gasteiger partial charge in [0.2, 0.25) is 0 Å². The second-order valence-electron chi connectivity index (χ2n) is 7.12. The van der Waals surface area contributed by atoms with Gasteiger partial charge in [0.25, 0.3) is 0 Å². The number of rotatable bonds is 3. The van der Waals surface area contributed by atoms with E-state index in [0.29, 0.717) is 28.6 Å².